The van der Waals surface area contributed by atoms with Crippen molar-refractivity contribution in [3.63, 3.8) is 0 Å². The molecule has 0 aliphatic heterocycles. The Labute approximate surface area is 106 Å². The molecule has 1 unspecified atom stereocenters. The number of nitrogens with one attached hydrogen (secondary N) is 2. The molecule has 17 heavy (non-hydrogen) atoms. The minimum absolute atomic E-state index is 0.0534. The molecule has 1 aromatic rings. The largest absolute Gasteiger partial charge is 0.370 e. The fourth-order valence-electron chi connectivity index (χ4n) is 1.64. The SMILES string of the molecule is CSC(C)CCNc1cc(=O)[nH]c(C2CC2)n1. The summed E-state index contributed by atoms with van der Waals surface area (Å²) in [5.41, 5.74) is -0.0534. The Morgan fingerprint density at radius 1 is 1.65 bits per heavy atom. The fourth-order valence-corrected chi connectivity index (χ4v) is 1.99. The van der Waals surface area contributed by atoms with E-state index in [1.165, 1.54) is 6.07 Å². The lowest BCUT2D eigenvalue weighted by Crippen LogP contribution is -2.15. The van der Waals surface area contributed by atoms with Crippen molar-refractivity contribution in [3.05, 3.63) is 22.2 Å². The van der Waals surface area contributed by atoms with Crippen LogP contribution in [-0.4, -0.2) is 28.0 Å². The molecule has 1 fully saturated rings. The van der Waals surface area contributed by atoms with Gasteiger partial charge in [0.25, 0.3) is 5.56 Å². The Hall–Kier alpha value is -0.970. The van der Waals surface area contributed by atoms with Gasteiger partial charge in [-0.3, -0.25) is 4.79 Å². The third-order valence-electron chi connectivity index (χ3n) is 2.98. The van der Waals surface area contributed by atoms with Gasteiger partial charge in [0.05, 0.1) is 0 Å². The van der Waals surface area contributed by atoms with E-state index < -0.39 is 0 Å². The molecule has 2 rings (SSSR count). The van der Waals surface area contributed by atoms with Crippen molar-refractivity contribution in [3.8, 4) is 0 Å². The van der Waals surface area contributed by atoms with E-state index in [-0.39, 0.29) is 5.56 Å². The standard InChI is InChI=1S/C12H19N3OS/c1-8(17-2)5-6-13-10-7-11(16)15-12(14-10)9-3-4-9/h7-9H,3-6H2,1-2H3,(H2,13,14,15,16). The normalized spacial score (nSPS) is 16.8. The Kier molecular flexibility index (Phi) is 4.10. The van der Waals surface area contributed by atoms with Gasteiger partial charge in [-0.25, -0.2) is 4.98 Å². The number of rotatable bonds is 6. The summed E-state index contributed by atoms with van der Waals surface area (Å²) in [6.07, 6.45) is 5.49. The summed E-state index contributed by atoms with van der Waals surface area (Å²) in [5, 5.41) is 3.86. The number of hydrogen-bond donors (Lipinski definition) is 2. The molecule has 0 aromatic carbocycles. The van der Waals surface area contributed by atoms with Gasteiger partial charge in [0.1, 0.15) is 11.6 Å². The minimum atomic E-state index is -0.0534. The lowest BCUT2D eigenvalue weighted by atomic mass is 10.3. The molecule has 1 atom stereocenters. The first-order chi connectivity index (χ1) is 8.19. The number of anilines is 1. The maximum atomic E-state index is 11.5. The van der Waals surface area contributed by atoms with E-state index in [1.54, 1.807) is 0 Å². The van der Waals surface area contributed by atoms with Crippen molar-refractivity contribution in [1.29, 1.82) is 0 Å². The number of hydrogen-bond acceptors (Lipinski definition) is 4. The van der Waals surface area contributed by atoms with E-state index in [9.17, 15) is 4.79 Å². The van der Waals surface area contributed by atoms with Gasteiger partial charge < -0.3 is 10.3 Å². The summed E-state index contributed by atoms with van der Waals surface area (Å²) in [4.78, 5) is 18.7. The average Bonchev–Trinajstić information content (AvgIpc) is 3.12. The van der Waals surface area contributed by atoms with E-state index in [1.807, 2.05) is 11.8 Å². The van der Waals surface area contributed by atoms with Crippen LogP contribution in [0.2, 0.25) is 0 Å². The Morgan fingerprint density at radius 3 is 3.06 bits per heavy atom. The van der Waals surface area contributed by atoms with Crippen molar-refractivity contribution < 1.29 is 0 Å². The second-order valence-corrected chi connectivity index (χ2v) is 5.83. The number of thioether (sulfide) groups is 1. The molecule has 1 aliphatic rings. The molecular weight excluding hydrogens is 234 g/mol. The first kappa shape index (κ1) is 12.5. The lowest BCUT2D eigenvalue weighted by molar-refractivity contribution is 0.840. The predicted octanol–water partition coefficient (Wildman–Crippen LogP) is 2.20. The number of H-pyrrole nitrogens is 1. The van der Waals surface area contributed by atoms with Crippen LogP contribution in [0.1, 0.15) is 37.9 Å². The molecular formula is C12H19N3OS. The smallest absolute Gasteiger partial charge is 0.252 e. The number of aromatic amines is 1. The van der Waals surface area contributed by atoms with Crippen molar-refractivity contribution in [1.82, 2.24) is 9.97 Å². The van der Waals surface area contributed by atoms with Crippen LogP contribution in [0.15, 0.2) is 10.9 Å². The quantitative estimate of drug-likeness (QED) is 0.816. The van der Waals surface area contributed by atoms with Crippen LogP contribution < -0.4 is 10.9 Å². The topological polar surface area (TPSA) is 57.8 Å². The molecule has 94 valence electrons. The predicted molar refractivity (Wildman–Crippen MR) is 72.9 cm³/mol. The van der Waals surface area contributed by atoms with Crippen LogP contribution in [0.3, 0.4) is 0 Å². The maximum Gasteiger partial charge on any atom is 0.252 e. The van der Waals surface area contributed by atoms with Gasteiger partial charge in [0.15, 0.2) is 0 Å². The molecule has 0 radical (unpaired) electrons. The summed E-state index contributed by atoms with van der Waals surface area (Å²) >= 11 is 1.85. The van der Waals surface area contributed by atoms with E-state index in [0.29, 0.717) is 17.0 Å². The van der Waals surface area contributed by atoms with Crippen molar-refractivity contribution in [2.24, 2.45) is 0 Å². The van der Waals surface area contributed by atoms with E-state index >= 15 is 0 Å². The van der Waals surface area contributed by atoms with Gasteiger partial charge in [-0.05, 0) is 25.5 Å². The van der Waals surface area contributed by atoms with Crippen LogP contribution in [0.5, 0.6) is 0 Å². The first-order valence-corrected chi connectivity index (χ1v) is 7.35. The summed E-state index contributed by atoms with van der Waals surface area (Å²) in [7, 11) is 0. The van der Waals surface area contributed by atoms with E-state index in [2.05, 4.69) is 28.5 Å². The molecule has 2 N–H and O–H groups in total. The molecule has 5 heteroatoms. The molecule has 0 amide bonds. The lowest BCUT2D eigenvalue weighted by Gasteiger charge is -2.10. The monoisotopic (exact) mass is 253 g/mol. The Bertz CT molecular complexity index is 428. The zero-order valence-corrected chi connectivity index (χ0v) is 11.1. The van der Waals surface area contributed by atoms with Gasteiger partial charge >= 0.3 is 0 Å². The van der Waals surface area contributed by atoms with Gasteiger partial charge in [-0.15, -0.1) is 0 Å². The number of aromatic nitrogens is 2. The van der Waals surface area contributed by atoms with Crippen LogP contribution >= 0.6 is 11.8 Å². The second kappa shape index (κ2) is 5.58. The van der Waals surface area contributed by atoms with Gasteiger partial charge in [-0.1, -0.05) is 6.92 Å². The van der Waals surface area contributed by atoms with Crippen LogP contribution in [0.4, 0.5) is 5.82 Å². The highest BCUT2D eigenvalue weighted by molar-refractivity contribution is 7.99. The molecule has 1 heterocycles. The fraction of sp³-hybridized carbons (Fsp3) is 0.667. The number of nitrogens with zero attached hydrogens (tertiary/aromatic N) is 1. The highest BCUT2D eigenvalue weighted by Crippen LogP contribution is 2.37. The van der Waals surface area contributed by atoms with Crippen LogP contribution in [-0.2, 0) is 0 Å². The van der Waals surface area contributed by atoms with Crippen molar-refractivity contribution >= 4 is 17.6 Å². The molecule has 1 saturated carbocycles. The zero-order chi connectivity index (χ0) is 12.3. The van der Waals surface area contributed by atoms with Crippen molar-refractivity contribution in [2.45, 2.75) is 37.4 Å². The third-order valence-corrected chi connectivity index (χ3v) is 4.02. The highest BCUT2D eigenvalue weighted by Gasteiger charge is 2.26. The van der Waals surface area contributed by atoms with Crippen LogP contribution in [0.25, 0.3) is 0 Å². The average molecular weight is 253 g/mol. The summed E-state index contributed by atoms with van der Waals surface area (Å²) in [5.74, 6) is 2.04. The first-order valence-electron chi connectivity index (χ1n) is 6.07. The molecule has 1 aromatic heterocycles. The van der Waals surface area contributed by atoms with Crippen LogP contribution in [0, 0.1) is 0 Å². The molecule has 1 aliphatic carbocycles. The molecule has 0 saturated heterocycles. The Balaban J connectivity index is 1.93. The van der Waals surface area contributed by atoms with Gasteiger partial charge in [0, 0.05) is 23.8 Å². The minimum Gasteiger partial charge on any atom is -0.370 e. The van der Waals surface area contributed by atoms with E-state index in [4.69, 9.17) is 0 Å². The van der Waals surface area contributed by atoms with Gasteiger partial charge in [-0.2, -0.15) is 11.8 Å². The second-order valence-electron chi connectivity index (χ2n) is 4.55. The van der Waals surface area contributed by atoms with Crippen molar-refractivity contribution in [2.75, 3.05) is 18.1 Å². The zero-order valence-electron chi connectivity index (χ0n) is 10.3. The Morgan fingerprint density at radius 2 is 2.41 bits per heavy atom. The third kappa shape index (κ3) is 3.77. The highest BCUT2D eigenvalue weighted by atomic mass is 32.2. The molecule has 0 bridgehead atoms. The summed E-state index contributed by atoms with van der Waals surface area (Å²) in [6.45, 7) is 3.07. The maximum absolute atomic E-state index is 11.5. The molecule has 0 spiro atoms. The van der Waals surface area contributed by atoms with E-state index in [0.717, 1.165) is 31.6 Å². The summed E-state index contributed by atoms with van der Waals surface area (Å²) < 4.78 is 0. The molecule has 4 nitrogen and oxygen atoms in total. The summed E-state index contributed by atoms with van der Waals surface area (Å²) in [6, 6.07) is 1.54. The van der Waals surface area contributed by atoms with Gasteiger partial charge in [0.2, 0.25) is 0 Å².